The zero-order valence-electron chi connectivity index (χ0n) is 19.6. The Morgan fingerprint density at radius 2 is 2.06 bits per heavy atom. The van der Waals surface area contributed by atoms with Gasteiger partial charge in [0, 0.05) is 23.7 Å². The summed E-state index contributed by atoms with van der Waals surface area (Å²) in [5, 5.41) is 18.3. The van der Waals surface area contributed by atoms with Gasteiger partial charge in [-0.15, -0.1) is 0 Å². The largest absolute Gasteiger partial charge is 0.476 e. The van der Waals surface area contributed by atoms with Crippen molar-refractivity contribution in [2.45, 2.75) is 45.4 Å². The zero-order valence-corrected chi connectivity index (χ0v) is 20.4. The van der Waals surface area contributed by atoms with Crippen LogP contribution >= 0.6 is 11.6 Å². The number of pyridine rings is 1. The van der Waals surface area contributed by atoms with Gasteiger partial charge in [0.15, 0.2) is 17.3 Å². The number of hydrogen-bond acceptors (Lipinski definition) is 9. The summed E-state index contributed by atoms with van der Waals surface area (Å²) < 4.78 is 12.6. The summed E-state index contributed by atoms with van der Waals surface area (Å²) in [5.41, 5.74) is 13.9. The van der Waals surface area contributed by atoms with E-state index in [1.807, 2.05) is 35.8 Å². The van der Waals surface area contributed by atoms with Crippen molar-refractivity contribution in [1.82, 2.24) is 24.8 Å². The summed E-state index contributed by atoms with van der Waals surface area (Å²) in [6.07, 6.45) is 0.587. The highest BCUT2D eigenvalue weighted by atomic mass is 35.5. The van der Waals surface area contributed by atoms with E-state index in [1.54, 1.807) is 19.9 Å². The number of fused-ring (bicyclic) bond motifs is 1. The summed E-state index contributed by atoms with van der Waals surface area (Å²) in [6.45, 7) is 5.90. The first-order chi connectivity index (χ1) is 16.6. The van der Waals surface area contributed by atoms with E-state index in [-0.39, 0.29) is 18.5 Å². The standard InChI is InChI=1S/C24H26ClN7O3/c1-4-32-18-12-19(34-13-16(26)11-14-6-5-7-15(25)10-14)28-17(8-9-24(2,3)33)20(18)29-23(32)21-22(27)31-35-30-21/h5-7,10,12,16,33H,4,11,13,26H2,1-3H3,(H2,27,31)/t16-/m0/s1. The van der Waals surface area contributed by atoms with Gasteiger partial charge in [-0.1, -0.05) is 29.7 Å². The number of rotatable bonds is 7. The highest BCUT2D eigenvalue weighted by Gasteiger charge is 2.22. The average Bonchev–Trinajstić information content (AvgIpc) is 3.38. The Kier molecular flexibility index (Phi) is 6.93. The predicted molar refractivity (Wildman–Crippen MR) is 133 cm³/mol. The molecule has 5 N–H and O–H groups in total. The minimum Gasteiger partial charge on any atom is -0.476 e. The van der Waals surface area contributed by atoms with Crippen LogP contribution in [-0.2, 0) is 13.0 Å². The van der Waals surface area contributed by atoms with Gasteiger partial charge in [-0.2, -0.15) is 0 Å². The van der Waals surface area contributed by atoms with Crippen molar-refractivity contribution in [3.8, 4) is 29.2 Å². The molecule has 35 heavy (non-hydrogen) atoms. The molecule has 182 valence electrons. The number of imidazole rings is 1. The highest BCUT2D eigenvalue weighted by Crippen LogP contribution is 2.30. The van der Waals surface area contributed by atoms with Gasteiger partial charge in [0.25, 0.3) is 0 Å². The van der Waals surface area contributed by atoms with Gasteiger partial charge in [0.1, 0.15) is 23.4 Å². The van der Waals surface area contributed by atoms with Gasteiger partial charge in [-0.3, -0.25) is 0 Å². The number of anilines is 1. The number of benzene rings is 1. The third kappa shape index (κ3) is 5.71. The number of nitrogens with two attached hydrogens (primary N) is 2. The summed E-state index contributed by atoms with van der Waals surface area (Å²) in [6, 6.07) is 9.02. The highest BCUT2D eigenvalue weighted by molar-refractivity contribution is 6.30. The molecule has 0 radical (unpaired) electrons. The second kappa shape index (κ2) is 9.92. The zero-order chi connectivity index (χ0) is 25.2. The molecule has 4 rings (SSSR count). The topological polar surface area (TPSA) is 151 Å². The van der Waals surface area contributed by atoms with E-state index in [9.17, 15) is 5.11 Å². The van der Waals surface area contributed by atoms with Crippen LogP contribution in [0, 0.1) is 11.8 Å². The van der Waals surface area contributed by atoms with Crippen LogP contribution in [0.2, 0.25) is 5.02 Å². The second-order valence-electron chi connectivity index (χ2n) is 8.57. The Morgan fingerprint density at radius 1 is 1.26 bits per heavy atom. The summed E-state index contributed by atoms with van der Waals surface area (Å²) in [7, 11) is 0. The van der Waals surface area contributed by atoms with Crippen LogP contribution in [0.25, 0.3) is 22.6 Å². The minimum atomic E-state index is -1.22. The fourth-order valence-electron chi connectivity index (χ4n) is 3.54. The molecular formula is C24H26ClN7O3. The molecule has 0 aliphatic carbocycles. The van der Waals surface area contributed by atoms with Crippen molar-refractivity contribution in [3.63, 3.8) is 0 Å². The lowest BCUT2D eigenvalue weighted by atomic mass is 10.1. The molecule has 1 atom stereocenters. The lowest BCUT2D eigenvalue weighted by Gasteiger charge is -2.14. The molecule has 11 heteroatoms. The van der Waals surface area contributed by atoms with E-state index in [0.717, 1.165) is 5.56 Å². The van der Waals surface area contributed by atoms with Gasteiger partial charge in [0.2, 0.25) is 5.88 Å². The number of halogens is 1. The van der Waals surface area contributed by atoms with Crippen LogP contribution in [0.4, 0.5) is 5.82 Å². The molecule has 4 aromatic rings. The molecule has 0 unspecified atom stereocenters. The number of aromatic nitrogens is 5. The van der Waals surface area contributed by atoms with Gasteiger partial charge in [0.05, 0.1) is 5.52 Å². The van der Waals surface area contributed by atoms with Crippen LogP contribution < -0.4 is 16.2 Å². The van der Waals surface area contributed by atoms with Crippen LogP contribution in [0.5, 0.6) is 5.88 Å². The summed E-state index contributed by atoms with van der Waals surface area (Å²) >= 11 is 6.07. The lowest BCUT2D eigenvalue weighted by Crippen LogP contribution is -2.30. The molecule has 0 amide bonds. The van der Waals surface area contributed by atoms with Gasteiger partial charge in [-0.25, -0.2) is 14.6 Å². The van der Waals surface area contributed by atoms with Gasteiger partial charge < -0.3 is 25.9 Å². The number of aliphatic hydroxyl groups is 1. The van der Waals surface area contributed by atoms with Crippen LogP contribution in [0.1, 0.15) is 32.0 Å². The molecule has 0 spiro atoms. The molecule has 0 saturated heterocycles. The molecule has 10 nitrogen and oxygen atoms in total. The third-order valence-electron chi connectivity index (χ3n) is 5.07. The van der Waals surface area contributed by atoms with E-state index in [4.69, 9.17) is 32.4 Å². The fraction of sp³-hybridized carbons (Fsp3) is 0.333. The lowest BCUT2D eigenvalue weighted by molar-refractivity contribution is 0.143. The van der Waals surface area contributed by atoms with Crippen molar-refractivity contribution in [3.05, 3.63) is 46.6 Å². The van der Waals surface area contributed by atoms with Crippen molar-refractivity contribution in [2.75, 3.05) is 12.3 Å². The van der Waals surface area contributed by atoms with Crippen LogP contribution in [-0.4, -0.2) is 48.2 Å². The molecule has 0 aliphatic rings. The Hall–Kier alpha value is -3.65. The van der Waals surface area contributed by atoms with E-state index in [0.29, 0.717) is 52.1 Å². The van der Waals surface area contributed by atoms with E-state index >= 15 is 0 Å². The molecular weight excluding hydrogens is 470 g/mol. The van der Waals surface area contributed by atoms with Crippen molar-refractivity contribution in [2.24, 2.45) is 5.73 Å². The Labute approximate surface area is 207 Å². The molecule has 3 heterocycles. The third-order valence-corrected chi connectivity index (χ3v) is 5.31. The average molecular weight is 496 g/mol. The summed E-state index contributed by atoms with van der Waals surface area (Å²) in [5.74, 6) is 6.61. The normalized spacial score (nSPS) is 12.4. The minimum absolute atomic E-state index is 0.121. The number of nitrogen functional groups attached to an aromatic ring is 1. The maximum atomic E-state index is 10.1. The molecule has 0 bridgehead atoms. The molecule has 0 aliphatic heterocycles. The van der Waals surface area contributed by atoms with Gasteiger partial charge >= 0.3 is 0 Å². The smallest absolute Gasteiger partial charge is 0.216 e. The van der Waals surface area contributed by atoms with Gasteiger partial charge in [-0.05, 0) is 61.1 Å². The molecule has 0 saturated carbocycles. The first kappa shape index (κ1) is 24.5. The first-order valence-corrected chi connectivity index (χ1v) is 11.4. The SMILES string of the molecule is CCn1c(-c2nonc2N)nc2c(C#CC(C)(C)O)nc(OC[C@@H](N)Cc3cccc(Cl)c3)cc21. The second-order valence-corrected chi connectivity index (χ2v) is 9.01. The molecule has 1 aromatic carbocycles. The number of hydrogen-bond donors (Lipinski definition) is 3. The maximum absolute atomic E-state index is 10.1. The fourth-order valence-corrected chi connectivity index (χ4v) is 3.75. The van der Waals surface area contributed by atoms with Crippen molar-refractivity contribution >= 4 is 28.5 Å². The van der Waals surface area contributed by atoms with E-state index in [1.165, 1.54) is 0 Å². The van der Waals surface area contributed by atoms with Crippen LogP contribution in [0.15, 0.2) is 35.0 Å². The number of nitrogens with zero attached hydrogens (tertiary/aromatic N) is 5. The number of ether oxygens (including phenoxy) is 1. The quantitative estimate of drug-likeness (QED) is 0.328. The summed E-state index contributed by atoms with van der Waals surface area (Å²) in [4.78, 5) is 9.21. The Morgan fingerprint density at radius 3 is 2.71 bits per heavy atom. The predicted octanol–water partition coefficient (Wildman–Crippen LogP) is 2.81. The van der Waals surface area contributed by atoms with Crippen LogP contribution in [0.3, 0.4) is 0 Å². The van der Waals surface area contributed by atoms with E-state index in [2.05, 4.69) is 32.1 Å². The Bertz CT molecular complexity index is 1410. The van der Waals surface area contributed by atoms with Crippen molar-refractivity contribution < 1.29 is 14.5 Å². The first-order valence-electron chi connectivity index (χ1n) is 11.0. The maximum Gasteiger partial charge on any atom is 0.216 e. The number of aryl methyl sites for hydroxylation is 1. The monoisotopic (exact) mass is 495 g/mol. The Balaban J connectivity index is 1.70. The van der Waals surface area contributed by atoms with Crippen molar-refractivity contribution in [1.29, 1.82) is 0 Å². The molecule has 0 fully saturated rings. The molecule has 3 aromatic heterocycles. The van der Waals surface area contributed by atoms with E-state index < -0.39 is 5.60 Å².